The van der Waals surface area contributed by atoms with E-state index in [9.17, 15) is 36.3 Å². The summed E-state index contributed by atoms with van der Waals surface area (Å²) in [7, 11) is -4.66. The van der Waals surface area contributed by atoms with E-state index >= 15 is 0 Å². The van der Waals surface area contributed by atoms with Crippen LogP contribution in [0.5, 0.6) is 0 Å². The second-order valence-electron chi connectivity index (χ2n) is 10.8. The van der Waals surface area contributed by atoms with Gasteiger partial charge in [0.15, 0.2) is 9.84 Å². The molecular formula is C27H28Cl2F3NO5S. The Morgan fingerprint density at radius 2 is 1.74 bits per heavy atom. The second-order valence-corrected chi connectivity index (χ2v) is 13.8. The molecule has 2 aliphatic rings. The Morgan fingerprint density at radius 3 is 2.28 bits per heavy atom. The van der Waals surface area contributed by atoms with Crippen molar-refractivity contribution in [1.82, 2.24) is 4.90 Å². The topological polar surface area (TPSA) is 91.8 Å². The van der Waals surface area contributed by atoms with Crippen LogP contribution < -0.4 is 0 Å². The molecule has 12 heteroatoms. The summed E-state index contributed by atoms with van der Waals surface area (Å²) in [5.74, 6) is -5.55. The van der Waals surface area contributed by atoms with Crippen molar-refractivity contribution in [2.45, 2.75) is 56.8 Å². The van der Waals surface area contributed by atoms with Gasteiger partial charge in [-0.15, -0.1) is 0 Å². The van der Waals surface area contributed by atoms with Crippen molar-refractivity contribution in [1.29, 1.82) is 0 Å². The Kier molecular flexibility index (Phi) is 8.32. The number of rotatable bonds is 9. The van der Waals surface area contributed by atoms with Crippen molar-refractivity contribution < 1.29 is 36.3 Å². The first-order valence-electron chi connectivity index (χ1n) is 12.4. The molecule has 0 spiro atoms. The van der Waals surface area contributed by atoms with Crippen LogP contribution in [0.3, 0.4) is 0 Å². The molecule has 1 heterocycles. The van der Waals surface area contributed by atoms with Crippen LogP contribution in [0.4, 0.5) is 13.2 Å². The summed E-state index contributed by atoms with van der Waals surface area (Å²) in [5.41, 5.74) is -0.138. The van der Waals surface area contributed by atoms with Crippen LogP contribution in [-0.2, 0) is 19.4 Å². The van der Waals surface area contributed by atoms with Crippen LogP contribution in [0, 0.1) is 11.3 Å². The first-order valence-corrected chi connectivity index (χ1v) is 15.0. The van der Waals surface area contributed by atoms with E-state index in [1.54, 1.807) is 48.5 Å². The Bertz CT molecular complexity index is 1350. The van der Waals surface area contributed by atoms with E-state index in [0.29, 0.717) is 34.0 Å². The molecule has 0 aromatic heterocycles. The Morgan fingerprint density at radius 1 is 1.10 bits per heavy atom. The molecule has 1 aliphatic carbocycles. The number of alkyl halides is 3. The van der Waals surface area contributed by atoms with Gasteiger partial charge in [0.2, 0.25) is 5.91 Å². The zero-order valence-electron chi connectivity index (χ0n) is 21.0. The zero-order valence-corrected chi connectivity index (χ0v) is 23.3. The smallest absolute Gasteiger partial charge is 0.402 e. The number of piperidine rings is 1. The summed E-state index contributed by atoms with van der Waals surface area (Å²) in [6, 6.07) is 11.6. The second kappa shape index (κ2) is 10.9. The van der Waals surface area contributed by atoms with E-state index in [1.165, 1.54) is 11.8 Å². The van der Waals surface area contributed by atoms with Crippen molar-refractivity contribution in [3.8, 4) is 0 Å². The minimum Gasteiger partial charge on any atom is -0.481 e. The number of carbonyl (C=O) groups is 2. The molecule has 1 N–H and O–H groups in total. The van der Waals surface area contributed by atoms with Gasteiger partial charge in [0, 0.05) is 22.0 Å². The number of halogens is 5. The van der Waals surface area contributed by atoms with E-state index in [2.05, 4.69) is 0 Å². The predicted octanol–water partition coefficient (Wildman–Crippen LogP) is 6.29. The number of carboxylic acid groups (broad SMARTS) is 1. The standard InChI is InChI=1S/C27H28Cl2F3NO5S/c1-26(13-23(34)35)12-21(18-3-2-4-20(29)11-18)24(17-7-9-19(28)10-8-17)33(25(26)36)22(16-5-6-16)14-39(37,38)15-27(30,31)32/h2-4,7-11,16,21-22,24H,5-6,12-15H2,1H3,(H,34,35). The molecule has 6 nitrogen and oxygen atoms in total. The molecule has 4 atom stereocenters. The molecular weight excluding hydrogens is 578 g/mol. The first kappa shape index (κ1) is 29.7. The Labute approximate surface area is 235 Å². The highest BCUT2D eigenvalue weighted by Crippen LogP contribution is 2.54. The van der Waals surface area contributed by atoms with Crippen LogP contribution in [0.15, 0.2) is 48.5 Å². The highest BCUT2D eigenvalue weighted by molar-refractivity contribution is 7.91. The van der Waals surface area contributed by atoms with Crippen molar-refractivity contribution in [2.75, 3.05) is 11.5 Å². The molecule has 1 saturated carbocycles. The number of aliphatic carboxylic acids is 1. The quantitative estimate of drug-likeness (QED) is 0.363. The number of carboxylic acids is 1. The summed E-state index contributed by atoms with van der Waals surface area (Å²) >= 11 is 12.4. The summed E-state index contributed by atoms with van der Waals surface area (Å²) in [6.45, 7) is 1.51. The summed E-state index contributed by atoms with van der Waals surface area (Å²) in [6.07, 6.45) is -4.27. The van der Waals surface area contributed by atoms with Gasteiger partial charge in [0.25, 0.3) is 0 Å². The molecule has 0 radical (unpaired) electrons. The van der Waals surface area contributed by atoms with Crippen molar-refractivity contribution in [3.05, 3.63) is 69.7 Å². The van der Waals surface area contributed by atoms with Crippen molar-refractivity contribution in [3.63, 3.8) is 0 Å². The van der Waals surface area contributed by atoms with Gasteiger partial charge in [0.1, 0.15) is 5.75 Å². The van der Waals surface area contributed by atoms with Crippen molar-refractivity contribution in [2.24, 2.45) is 11.3 Å². The average Bonchev–Trinajstić information content (AvgIpc) is 3.63. The first-order chi connectivity index (χ1) is 18.1. The van der Waals surface area contributed by atoms with Crippen LogP contribution in [0.25, 0.3) is 0 Å². The highest BCUT2D eigenvalue weighted by atomic mass is 35.5. The molecule has 39 heavy (non-hydrogen) atoms. The molecule has 4 rings (SSSR count). The lowest BCUT2D eigenvalue weighted by Gasteiger charge is -2.52. The average molecular weight is 606 g/mol. The molecule has 2 aromatic rings. The Balaban J connectivity index is 1.91. The van der Waals surface area contributed by atoms with Gasteiger partial charge in [-0.25, -0.2) is 8.42 Å². The van der Waals surface area contributed by atoms with E-state index in [-0.39, 0.29) is 12.3 Å². The third-order valence-electron chi connectivity index (χ3n) is 7.46. The monoisotopic (exact) mass is 605 g/mol. The van der Waals surface area contributed by atoms with Crippen LogP contribution in [0.2, 0.25) is 10.0 Å². The van der Waals surface area contributed by atoms with Crippen LogP contribution >= 0.6 is 23.2 Å². The van der Waals surface area contributed by atoms with Gasteiger partial charge in [-0.05, 0) is 60.6 Å². The van der Waals surface area contributed by atoms with E-state index < -0.39 is 69.2 Å². The molecule has 1 saturated heterocycles. The third-order valence-corrected chi connectivity index (χ3v) is 9.57. The minimum absolute atomic E-state index is 0.106. The number of hydrogen-bond donors (Lipinski definition) is 1. The van der Waals surface area contributed by atoms with Gasteiger partial charge in [-0.1, -0.05) is 54.4 Å². The van der Waals surface area contributed by atoms with Gasteiger partial charge >= 0.3 is 12.1 Å². The highest BCUT2D eigenvalue weighted by Gasteiger charge is 2.55. The van der Waals surface area contributed by atoms with Gasteiger partial charge in [0.05, 0.1) is 23.6 Å². The number of hydrogen-bond acceptors (Lipinski definition) is 4. The molecule has 1 amide bonds. The lowest BCUT2D eigenvalue weighted by atomic mass is 9.67. The molecule has 212 valence electrons. The van der Waals surface area contributed by atoms with Crippen LogP contribution in [-0.4, -0.2) is 54.0 Å². The number of nitrogens with zero attached hydrogens (tertiary/aromatic N) is 1. The number of amides is 1. The number of likely N-dealkylation sites (tertiary alicyclic amines) is 1. The molecule has 4 unspecified atom stereocenters. The summed E-state index contributed by atoms with van der Waals surface area (Å²) < 4.78 is 65.0. The molecule has 0 bridgehead atoms. The molecule has 1 aliphatic heterocycles. The van der Waals surface area contributed by atoms with E-state index in [1.807, 2.05) is 0 Å². The maximum atomic E-state index is 14.2. The maximum absolute atomic E-state index is 14.2. The fraction of sp³-hybridized carbons (Fsp3) is 0.481. The van der Waals surface area contributed by atoms with Crippen molar-refractivity contribution >= 4 is 44.9 Å². The number of benzene rings is 2. The maximum Gasteiger partial charge on any atom is 0.402 e. The largest absolute Gasteiger partial charge is 0.481 e. The van der Waals surface area contributed by atoms with E-state index in [4.69, 9.17) is 23.2 Å². The Hall–Kier alpha value is -2.30. The van der Waals surface area contributed by atoms with E-state index in [0.717, 1.165) is 0 Å². The summed E-state index contributed by atoms with van der Waals surface area (Å²) in [5, 5.41) is 10.5. The van der Waals surface area contributed by atoms with Gasteiger partial charge in [-0.2, -0.15) is 13.2 Å². The fourth-order valence-electron chi connectivity index (χ4n) is 5.74. The fourth-order valence-corrected chi connectivity index (χ4v) is 7.63. The molecule has 2 fully saturated rings. The lowest BCUT2D eigenvalue weighted by molar-refractivity contribution is -0.160. The zero-order chi connectivity index (χ0) is 28.8. The summed E-state index contributed by atoms with van der Waals surface area (Å²) in [4.78, 5) is 27.5. The SMILES string of the molecule is CC1(CC(=O)O)CC(c2cccc(Cl)c2)C(c2ccc(Cl)cc2)N(C(CS(=O)(=O)CC(F)(F)F)C2CC2)C1=O. The number of carbonyl (C=O) groups excluding carboxylic acids is 1. The van der Waals surface area contributed by atoms with Crippen LogP contribution in [0.1, 0.15) is 55.7 Å². The predicted molar refractivity (Wildman–Crippen MR) is 141 cm³/mol. The minimum atomic E-state index is -4.93. The normalized spacial score (nSPS) is 25.0. The number of sulfone groups is 1. The van der Waals surface area contributed by atoms with Gasteiger partial charge in [-0.3, -0.25) is 9.59 Å². The molecule has 2 aromatic carbocycles. The van der Waals surface area contributed by atoms with Gasteiger partial charge < -0.3 is 10.0 Å². The third kappa shape index (κ3) is 7.08. The lowest BCUT2D eigenvalue weighted by Crippen LogP contribution is -2.58.